The van der Waals surface area contributed by atoms with E-state index in [2.05, 4.69) is 4.90 Å². The second kappa shape index (κ2) is 6.13. The van der Waals surface area contributed by atoms with E-state index in [-0.39, 0.29) is 11.9 Å². The molecule has 0 aliphatic carbocycles. The number of nitrogens with zero attached hydrogens (tertiary/aromatic N) is 2. The Balaban J connectivity index is 1.79. The predicted octanol–water partition coefficient (Wildman–Crippen LogP) is 3.06. The fourth-order valence-electron chi connectivity index (χ4n) is 3.54. The molecule has 4 rings (SSSR count). The van der Waals surface area contributed by atoms with Crippen molar-refractivity contribution in [2.45, 2.75) is 32.4 Å². The van der Waals surface area contributed by atoms with E-state index < -0.39 is 16.7 Å². The zero-order valence-corrected chi connectivity index (χ0v) is 13.2. The summed E-state index contributed by atoms with van der Waals surface area (Å²) in [5.74, 6) is -0.898. The first-order valence-corrected chi connectivity index (χ1v) is 7.95. The minimum atomic E-state index is -0.733. The lowest BCUT2D eigenvalue weighted by molar-refractivity contribution is -0.129. The van der Waals surface area contributed by atoms with E-state index >= 15 is 0 Å². The van der Waals surface area contributed by atoms with Crippen LogP contribution in [-0.4, -0.2) is 41.4 Å². The van der Waals surface area contributed by atoms with Crippen LogP contribution in [-0.2, 0) is 11.3 Å². The van der Waals surface area contributed by atoms with Gasteiger partial charge in [-0.2, -0.15) is 0 Å². The van der Waals surface area contributed by atoms with Crippen LogP contribution >= 0.6 is 11.6 Å². The molecule has 6 heteroatoms. The third kappa shape index (κ3) is 2.97. The zero-order valence-electron chi connectivity index (χ0n) is 12.5. The van der Waals surface area contributed by atoms with E-state index in [9.17, 15) is 13.6 Å². The van der Waals surface area contributed by atoms with Gasteiger partial charge in [0.15, 0.2) is 0 Å². The van der Waals surface area contributed by atoms with Crippen LogP contribution in [0.4, 0.5) is 8.78 Å². The van der Waals surface area contributed by atoms with Gasteiger partial charge in [0.05, 0.1) is 0 Å². The van der Waals surface area contributed by atoms with Crippen molar-refractivity contribution in [1.82, 2.24) is 9.80 Å². The Bertz CT molecular complexity index is 596. The second-order valence-corrected chi connectivity index (χ2v) is 6.66. The van der Waals surface area contributed by atoms with Gasteiger partial charge in [-0.1, -0.05) is 17.7 Å². The first-order valence-electron chi connectivity index (χ1n) is 7.57. The molecule has 3 aliphatic rings. The van der Waals surface area contributed by atoms with E-state index in [1.807, 2.05) is 4.90 Å². The smallest absolute Gasteiger partial charge is 0.219 e. The third-order valence-corrected chi connectivity index (χ3v) is 5.11. The molecule has 2 bridgehead atoms. The number of hydrogen-bond donors (Lipinski definition) is 0. The van der Waals surface area contributed by atoms with Crippen molar-refractivity contribution in [3.8, 4) is 0 Å². The Morgan fingerprint density at radius 3 is 2.77 bits per heavy atom. The SMILES string of the molecule is CC(=O)N1C[C@H]2CC[C@@H](C1)N(Cc1ccc(F)c(Cl)c1F)C2. The number of piperidine rings is 1. The molecule has 3 aliphatic heterocycles. The molecule has 0 saturated carbocycles. The fraction of sp³-hybridized carbons (Fsp3) is 0.562. The first kappa shape index (κ1) is 15.7. The third-order valence-electron chi connectivity index (χ3n) is 4.76. The predicted molar refractivity (Wildman–Crippen MR) is 80.5 cm³/mol. The van der Waals surface area contributed by atoms with Gasteiger partial charge in [0.1, 0.15) is 16.7 Å². The van der Waals surface area contributed by atoms with Crippen molar-refractivity contribution in [3.05, 3.63) is 34.4 Å². The Hall–Kier alpha value is -1.20. The Morgan fingerprint density at radius 1 is 1.27 bits per heavy atom. The van der Waals surface area contributed by atoms with Gasteiger partial charge in [-0.25, -0.2) is 8.78 Å². The standard InChI is InChI=1S/C16H19ClF2N2O/c1-10(22)20-6-11-2-4-13(9-20)21(7-11)8-12-3-5-14(18)15(17)16(12)19/h3,5,11,13H,2,4,6-9H2,1H3/t11-,13+/m1/s1. The van der Waals surface area contributed by atoms with Gasteiger partial charge in [0, 0.05) is 44.7 Å². The molecule has 3 saturated heterocycles. The molecule has 1 aromatic rings. The maximum atomic E-state index is 14.1. The largest absolute Gasteiger partial charge is 0.341 e. The number of benzene rings is 1. The van der Waals surface area contributed by atoms with Crippen LogP contribution in [0, 0.1) is 17.6 Å². The topological polar surface area (TPSA) is 23.6 Å². The van der Waals surface area contributed by atoms with Crippen LogP contribution in [0.25, 0.3) is 0 Å². The molecule has 1 aromatic carbocycles. The van der Waals surface area contributed by atoms with Crippen LogP contribution in [0.3, 0.4) is 0 Å². The number of hydrogen-bond acceptors (Lipinski definition) is 2. The number of carbonyl (C=O) groups excluding carboxylic acids is 1. The van der Waals surface area contributed by atoms with E-state index in [4.69, 9.17) is 11.6 Å². The number of halogens is 3. The highest BCUT2D eigenvalue weighted by molar-refractivity contribution is 6.30. The molecule has 2 atom stereocenters. The normalized spacial score (nSPS) is 25.4. The maximum absolute atomic E-state index is 14.1. The van der Waals surface area contributed by atoms with E-state index in [0.29, 0.717) is 24.6 Å². The average molecular weight is 329 g/mol. The number of fused-ring (bicyclic) bond motifs is 4. The Kier molecular flexibility index (Phi) is 4.37. The Morgan fingerprint density at radius 2 is 2.05 bits per heavy atom. The van der Waals surface area contributed by atoms with Crippen molar-refractivity contribution in [1.29, 1.82) is 0 Å². The van der Waals surface area contributed by atoms with Crippen LogP contribution in [0.2, 0.25) is 5.02 Å². The first-order chi connectivity index (χ1) is 10.5. The lowest BCUT2D eigenvalue weighted by Gasteiger charge is -2.36. The number of carbonyl (C=O) groups is 1. The Labute approximate surface area is 133 Å². The molecule has 120 valence electrons. The molecule has 3 nitrogen and oxygen atoms in total. The van der Waals surface area contributed by atoms with Gasteiger partial charge in [-0.3, -0.25) is 9.69 Å². The minimum absolute atomic E-state index is 0.0924. The number of rotatable bonds is 2. The molecule has 22 heavy (non-hydrogen) atoms. The van der Waals surface area contributed by atoms with Crippen LogP contribution in [0.5, 0.6) is 0 Å². The summed E-state index contributed by atoms with van der Waals surface area (Å²) in [6, 6.07) is 2.89. The molecule has 3 heterocycles. The lowest BCUT2D eigenvalue weighted by Crippen LogP contribution is -2.43. The summed E-state index contributed by atoms with van der Waals surface area (Å²) in [5.41, 5.74) is 0.410. The molecule has 0 aromatic heterocycles. The van der Waals surface area contributed by atoms with Crippen LogP contribution < -0.4 is 0 Å². The second-order valence-electron chi connectivity index (χ2n) is 6.29. The molecule has 0 N–H and O–H groups in total. The fourth-order valence-corrected chi connectivity index (χ4v) is 3.72. The van der Waals surface area contributed by atoms with E-state index in [1.165, 1.54) is 12.1 Å². The quantitative estimate of drug-likeness (QED) is 0.779. The summed E-state index contributed by atoms with van der Waals surface area (Å²) >= 11 is 5.66. The van der Waals surface area contributed by atoms with E-state index in [1.54, 1.807) is 6.92 Å². The summed E-state index contributed by atoms with van der Waals surface area (Å²) in [6.07, 6.45) is 2.10. The minimum Gasteiger partial charge on any atom is -0.341 e. The maximum Gasteiger partial charge on any atom is 0.219 e. The van der Waals surface area contributed by atoms with Crippen molar-refractivity contribution in [2.75, 3.05) is 19.6 Å². The summed E-state index contributed by atoms with van der Waals surface area (Å²) in [7, 11) is 0. The molecule has 0 radical (unpaired) electrons. The van der Waals surface area contributed by atoms with Crippen molar-refractivity contribution >= 4 is 17.5 Å². The highest BCUT2D eigenvalue weighted by atomic mass is 35.5. The van der Waals surface area contributed by atoms with Crippen molar-refractivity contribution < 1.29 is 13.6 Å². The summed E-state index contributed by atoms with van der Waals surface area (Å²) in [4.78, 5) is 15.7. The molecule has 0 spiro atoms. The van der Waals surface area contributed by atoms with Gasteiger partial charge in [-0.05, 0) is 24.8 Å². The molecule has 3 fully saturated rings. The van der Waals surface area contributed by atoms with Crippen molar-refractivity contribution in [2.24, 2.45) is 5.92 Å². The highest BCUT2D eigenvalue weighted by Gasteiger charge is 2.35. The van der Waals surface area contributed by atoms with E-state index in [0.717, 1.165) is 25.9 Å². The monoisotopic (exact) mass is 328 g/mol. The van der Waals surface area contributed by atoms with Crippen molar-refractivity contribution in [3.63, 3.8) is 0 Å². The van der Waals surface area contributed by atoms with Gasteiger partial charge >= 0.3 is 0 Å². The average Bonchev–Trinajstić information content (AvgIpc) is 2.80. The molecule has 0 unspecified atom stereocenters. The number of amides is 1. The van der Waals surface area contributed by atoms with Gasteiger partial charge < -0.3 is 4.90 Å². The highest BCUT2D eigenvalue weighted by Crippen LogP contribution is 2.31. The van der Waals surface area contributed by atoms with Gasteiger partial charge in [0.2, 0.25) is 5.91 Å². The summed E-state index contributed by atoms with van der Waals surface area (Å²) < 4.78 is 27.4. The summed E-state index contributed by atoms with van der Waals surface area (Å²) in [5, 5.41) is -0.442. The molecular formula is C16H19ClF2N2O. The molecular weight excluding hydrogens is 310 g/mol. The van der Waals surface area contributed by atoms with Crippen LogP contribution in [0.1, 0.15) is 25.3 Å². The zero-order chi connectivity index (χ0) is 15.9. The lowest BCUT2D eigenvalue weighted by atomic mass is 9.94. The van der Waals surface area contributed by atoms with Crippen LogP contribution in [0.15, 0.2) is 12.1 Å². The van der Waals surface area contributed by atoms with Gasteiger partial charge in [-0.15, -0.1) is 0 Å². The van der Waals surface area contributed by atoms with Gasteiger partial charge in [0.25, 0.3) is 0 Å². The summed E-state index contributed by atoms with van der Waals surface area (Å²) in [6.45, 7) is 4.29. The molecule has 1 amide bonds.